The van der Waals surface area contributed by atoms with Crippen LogP contribution in [0, 0.1) is 23.7 Å². The topological polar surface area (TPSA) is 270 Å². The van der Waals surface area contributed by atoms with E-state index in [-0.39, 0.29) is 63.3 Å². The van der Waals surface area contributed by atoms with E-state index in [1.165, 1.54) is 79.9 Å². The van der Waals surface area contributed by atoms with Gasteiger partial charge >= 0.3 is 6.18 Å². The van der Waals surface area contributed by atoms with Gasteiger partial charge in [-0.3, -0.25) is 57.5 Å². The van der Waals surface area contributed by atoms with Crippen LogP contribution in [0.15, 0.2) is 18.2 Å². The molecule has 542 valence electrons. The summed E-state index contributed by atoms with van der Waals surface area (Å²) in [5.74, 6) is -9.16. The minimum Gasteiger partial charge on any atom is -0.343 e. The molecule has 5 fully saturated rings. The highest BCUT2D eigenvalue weighted by molar-refractivity contribution is 6.31. The Hall–Kier alpha value is -7.06. The van der Waals surface area contributed by atoms with E-state index in [1.54, 1.807) is 25.7 Å². The van der Waals surface area contributed by atoms with Gasteiger partial charge in [-0.1, -0.05) is 111 Å². The quantitative estimate of drug-likeness (QED) is 0.261. The molecule has 8 atom stereocenters. The maximum atomic E-state index is 15.4. The van der Waals surface area contributed by atoms with Crippen molar-refractivity contribution in [3.05, 3.63) is 34.3 Å². The number of alkyl halides is 3. The standard InChI is InChI=1S/C69H106ClF3N12O12/c1-14-44(6)58-65(95)79(9)40-56(88)77(7)41-57(89)81(11)52(37-45-23-16-15-17-24-45)63(93)78(8)39-54(86)74-49(29-27-46-26-28-47(48(70)36-46)69(71,72)73)62(92)85-34-22-25-50(85)61(91)76-68(30-18-19-31-68)67(97)83(13)59(43(4)5)66(96)82(12)53(64(94)84-32-20-21-33-84)38-55(87)80(10)51(35-42(2)3)60(90)75-58/h26,28,36,42-45,49-53,58-59H,14-25,27,29-35,37-41H2,1-13H3,(H,74,86)(H,75,90)(H,76,91)/t44-,49-,50?,51-,52-,53-,58-,59-/m0/s1. The fourth-order valence-corrected chi connectivity index (χ4v) is 14.7. The van der Waals surface area contributed by atoms with Crippen molar-refractivity contribution in [2.75, 3.05) is 88.6 Å². The molecule has 6 rings (SSSR count). The van der Waals surface area contributed by atoms with Crippen LogP contribution in [0.25, 0.3) is 0 Å². The second-order valence-corrected chi connectivity index (χ2v) is 29.1. The summed E-state index contributed by atoms with van der Waals surface area (Å²) in [6.45, 7) is 9.82. The third-order valence-electron chi connectivity index (χ3n) is 20.6. The van der Waals surface area contributed by atoms with Crippen molar-refractivity contribution >= 4 is 82.5 Å². The van der Waals surface area contributed by atoms with Crippen molar-refractivity contribution in [2.24, 2.45) is 23.7 Å². The molecule has 24 nitrogen and oxygen atoms in total. The minimum absolute atomic E-state index is 0.0187. The summed E-state index contributed by atoms with van der Waals surface area (Å²) in [6.07, 6.45) is 2.61. The zero-order valence-electron chi connectivity index (χ0n) is 59.2. The zero-order chi connectivity index (χ0) is 72.1. The lowest BCUT2D eigenvalue weighted by molar-refractivity contribution is -0.156. The van der Waals surface area contributed by atoms with Crippen molar-refractivity contribution in [1.82, 2.24) is 60.0 Å². The second-order valence-electron chi connectivity index (χ2n) is 28.7. The third-order valence-corrected chi connectivity index (χ3v) is 20.9. The number of carbonyl (C=O) groups is 12. The molecule has 1 unspecified atom stereocenters. The highest BCUT2D eigenvalue weighted by Gasteiger charge is 2.51. The van der Waals surface area contributed by atoms with E-state index in [2.05, 4.69) is 16.0 Å². The number of nitrogens with one attached hydrogen (secondary N) is 3. The minimum atomic E-state index is -4.76. The molecule has 3 aliphatic heterocycles. The predicted molar refractivity (Wildman–Crippen MR) is 357 cm³/mol. The van der Waals surface area contributed by atoms with Gasteiger partial charge in [-0.05, 0) is 106 Å². The van der Waals surface area contributed by atoms with Crippen LogP contribution < -0.4 is 16.0 Å². The molecule has 0 bridgehead atoms. The number of carbonyl (C=O) groups excluding carboxylic acids is 12. The van der Waals surface area contributed by atoms with Gasteiger partial charge in [-0.25, -0.2) is 0 Å². The monoisotopic (exact) mass is 1390 g/mol. The first-order valence-corrected chi connectivity index (χ1v) is 35.1. The number of likely N-dealkylation sites (tertiary alicyclic amines) is 1. The summed E-state index contributed by atoms with van der Waals surface area (Å²) in [4.78, 5) is 188. The molecule has 3 saturated heterocycles. The summed E-state index contributed by atoms with van der Waals surface area (Å²) >= 11 is 6.14. The van der Waals surface area contributed by atoms with Gasteiger partial charge in [0.25, 0.3) is 0 Å². The lowest BCUT2D eigenvalue weighted by Gasteiger charge is -2.41. The Kier molecular flexibility index (Phi) is 28.2. The molecule has 3 N–H and O–H groups in total. The Morgan fingerprint density at radius 1 is 0.639 bits per heavy atom. The Balaban J connectivity index is 1.41. The van der Waals surface area contributed by atoms with Crippen LogP contribution in [0.3, 0.4) is 0 Å². The third kappa shape index (κ3) is 19.9. The Bertz CT molecular complexity index is 3030. The summed E-state index contributed by atoms with van der Waals surface area (Å²) in [5.41, 5.74) is -2.36. The first kappa shape index (κ1) is 78.9. The number of likely N-dealkylation sites (N-methyl/N-ethyl adjacent to an activating group) is 7. The highest BCUT2D eigenvalue weighted by atomic mass is 35.5. The molecule has 1 aromatic carbocycles. The van der Waals surface area contributed by atoms with E-state index in [4.69, 9.17) is 11.6 Å². The van der Waals surface area contributed by atoms with Gasteiger partial charge in [-0.2, -0.15) is 13.2 Å². The van der Waals surface area contributed by atoms with Crippen LogP contribution in [0.2, 0.25) is 5.02 Å². The second kappa shape index (κ2) is 34.6. The number of hydrogen-bond donors (Lipinski definition) is 3. The van der Waals surface area contributed by atoms with Crippen molar-refractivity contribution in [2.45, 2.75) is 218 Å². The first-order chi connectivity index (χ1) is 45.5. The van der Waals surface area contributed by atoms with Crippen LogP contribution in [0.5, 0.6) is 0 Å². The molecule has 2 aliphatic carbocycles. The molecule has 1 aromatic rings. The number of amides is 12. The normalized spacial score (nSPS) is 26.2. The molecule has 12 amide bonds. The molecule has 5 aliphatic rings. The largest absolute Gasteiger partial charge is 0.417 e. The van der Waals surface area contributed by atoms with Gasteiger partial charge in [0.15, 0.2) is 0 Å². The number of rotatable bonds is 11. The van der Waals surface area contributed by atoms with Crippen LogP contribution in [-0.2, 0) is 70.1 Å². The Labute approximate surface area is 575 Å². The number of fused-ring (bicyclic) bond motifs is 1. The van der Waals surface area contributed by atoms with E-state index in [1.807, 2.05) is 20.8 Å². The fourth-order valence-electron chi connectivity index (χ4n) is 14.4. The predicted octanol–water partition coefficient (Wildman–Crippen LogP) is 5.11. The highest BCUT2D eigenvalue weighted by Crippen LogP contribution is 2.37. The van der Waals surface area contributed by atoms with Crippen molar-refractivity contribution in [3.63, 3.8) is 0 Å². The molecular formula is C69H106ClF3N12O12. The molecule has 0 radical (unpaired) electrons. The van der Waals surface area contributed by atoms with Crippen LogP contribution in [0.1, 0.15) is 168 Å². The van der Waals surface area contributed by atoms with E-state index in [9.17, 15) is 56.3 Å². The first-order valence-electron chi connectivity index (χ1n) is 34.7. The number of benzene rings is 1. The molecular weight excluding hydrogens is 1280 g/mol. The lowest BCUT2D eigenvalue weighted by Crippen LogP contribution is -2.65. The Morgan fingerprint density at radius 2 is 1.25 bits per heavy atom. The lowest BCUT2D eigenvalue weighted by atomic mass is 9.84. The number of halogens is 4. The molecule has 28 heteroatoms. The average molecular weight is 1390 g/mol. The van der Waals surface area contributed by atoms with E-state index >= 15 is 14.4 Å². The van der Waals surface area contributed by atoms with Gasteiger partial charge in [-0.15, -0.1) is 0 Å². The number of nitrogens with zero attached hydrogens (tertiary/aromatic N) is 9. The average Bonchev–Trinajstić information content (AvgIpc) is 1.75. The van der Waals surface area contributed by atoms with Gasteiger partial charge in [0.2, 0.25) is 70.9 Å². The molecule has 1 spiro atoms. The van der Waals surface area contributed by atoms with Gasteiger partial charge < -0.3 is 60.0 Å². The van der Waals surface area contributed by atoms with Crippen LogP contribution >= 0.6 is 11.6 Å². The molecule has 97 heavy (non-hydrogen) atoms. The summed E-state index contributed by atoms with van der Waals surface area (Å²) in [7, 11) is 9.83. The van der Waals surface area contributed by atoms with E-state index < -0.39 is 173 Å². The van der Waals surface area contributed by atoms with Gasteiger partial charge in [0.1, 0.15) is 47.8 Å². The maximum absolute atomic E-state index is 15.4. The van der Waals surface area contributed by atoms with E-state index in [0.717, 1.165) is 58.9 Å². The van der Waals surface area contributed by atoms with Crippen molar-refractivity contribution in [1.29, 1.82) is 0 Å². The smallest absolute Gasteiger partial charge is 0.343 e. The van der Waals surface area contributed by atoms with Crippen LogP contribution in [-0.4, -0.2) is 251 Å². The summed E-state index contributed by atoms with van der Waals surface area (Å²) in [6, 6.07) is -5.66. The Morgan fingerprint density at radius 3 is 1.84 bits per heavy atom. The molecule has 0 aromatic heterocycles. The summed E-state index contributed by atoms with van der Waals surface area (Å²) < 4.78 is 41.5. The summed E-state index contributed by atoms with van der Waals surface area (Å²) in [5, 5.41) is 8.07. The number of hydrogen-bond acceptors (Lipinski definition) is 12. The van der Waals surface area contributed by atoms with E-state index in [0.29, 0.717) is 57.2 Å². The van der Waals surface area contributed by atoms with Crippen LogP contribution in [0.4, 0.5) is 13.2 Å². The van der Waals surface area contributed by atoms with Gasteiger partial charge in [0, 0.05) is 69.0 Å². The van der Waals surface area contributed by atoms with Gasteiger partial charge in [0.05, 0.1) is 36.6 Å². The molecule has 2 saturated carbocycles. The maximum Gasteiger partial charge on any atom is 0.417 e. The number of aryl methyl sites for hydroxylation is 1. The molecule has 3 heterocycles. The SMILES string of the molecule is CC[C@H](C)[C@@H]1NC(=O)[C@H](CC(C)C)N(C)C(=O)C[C@@H](C(=O)N2CCCC2)N(C)C(=O)[C@H](C(C)C)N(C)C(=O)C2(CCCC2)NC(=O)C2CCCN2C(=O)[C@H](CCc2ccc(C(F)(F)F)c(Cl)c2)NC(=O)CN(C)C(=O)[C@H](CC2CCCCC2)N(C)C(=O)CN(C)C(=O)CN(C)C1=O. The fraction of sp³-hybridized carbons (Fsp3) is 0.739. The van der Waals surface area contributed by atoms with Crippen molar-refractivity contribution in [3.8, 4) is 0 Å². The van der Waals surface area contributed by atoms with Crippen molar-refractivity contribution < 1.29 is 70.7 Å². The zero-order valence-corrected chi connectivity index (χ0v) is 60.0.